The number of hydrogen-bond acceptors (Lipinski definition) is 2. The molecule has 0 spiro atoms. The van der Waals surface area contributed by atoms with E-state index in [0.717, 1.165) is 31.8 Å². The van der Waals surface area contributed by atoms with Gasteiger partial charge in [0.1, 0.15) is 0 Å². The molecule has 0 bridgehead atoms. The molecule has 3 heteroatoms. The number of hydrogen-bond donors (Lipinski definition) is 2. The lowest BCUT2D eigenvalue weighted by atomic mass is 9.94. The molecule has 3 nitrogen and oxygen atoms in total. The fourth-order valence-corrected chi connectivity index (χ4v) is 2.03. The van der Waals surface area contributed by atoms with Crippen molar-refractivity contribution < 1.29 is 4.79 Å². The van der Waals surface area contributed by atoms with Gasteiger partial charge in [-0.25, -0.2) is 0 Å². The van der Waals surface area contributed by atoms with Crippen molar-refractivity contribution in [3.63, 3.8) is 0 Å². The number of rotatable bonds is 4. The number of carbonyl (C=O) groups is 1. The minimum absolute atomic E-state index is 0.262. The maximum absolute atomic E-state index is 11.4. The van der Waals surface area contributed by atoms with Crippen LogP contribution in [0.25, 0.3) is 0 Å². The molecule has 0 aromatic heterocycles. The van der Waals surface area contributed by atoms with Crippen molar-refractivity contribution in [2.75, 3.05) is 13.1 Å². The molecule has 1 aliphatic carbocycles. The molecule has 1 heterocycles. The van der Waals surface area contributed by atoms with Gasteiger partial charge in [-0.2, -0.15) is 0 Å². The largest absolute Gasteiger partial charge is 0.353 e. The van der Waals surface area contributed by atoms with Crippen LogP contribution in [-0.4, -0.2) is 25.0 Å². The van der Waals surface area contributed by atoms with Gasteiger partial charge in [0.25, 0.3) is 0 Å². The summed E-state index contributed by atoms with van der Waals surface area (Å²) in [6.07, 6.45) is 6.74. The minimum atomic E-state index is 0.262. The van der Waals surface area contributed by atoms with E-state index in [2.05, 4.69) is 10.6 Å². The molecule has 1 atom stereocenters. The summed E-state index contributed by atoms with van der Waals surface area (Å²) >= 11 is 0. The summed E-state index contributed by atoms with van der Waals surface area (Å²) < 4.78 is 0. The molecule has 2 fully saturated rings. The van der Waals surface area contributed by atoms with Gasteiger partial charge >= 0.3 is 0 Å². The quantitative estimate of drug-likeness (QED) is 0.705. The molecule has 80 valence electrons. The Morgan fingerprint density at radius 1 is 1.36 bits per heavy atom. The Labute approximate surface area is 85.6 Å². The lowest BCUT2D eigenvalue weighted by molar-refractivity contribution is -0.121. The standard InChI is InChI=1S/C11H20N2O/c14-11(13-10-4-5-10)6-3-9-2-1-7-12-8-9/h9-10,12H,1-8H2,(H,13,14)/t9-/m0/s1. The lowest BCUT2D eigenvalue weighted by Gasteiger charge is -2.22. The molecule has 2 rings (SSSR count). The first kappa shape index (κ1) is 9.97. The molecule has 1 aliphatic heterocycles. The maximum atomic E-state index is 11.4. The van der Waals surface area contributed by atoms with Gasteiger partial charge in [0.15, 0.2) is 0 Å². The van der Waals surface area contributed by atoms with Gasteiger partial charge in [0.05, 0.1) is 0 Å². The average molecular weight is 196 g/mol. The summed E-state index contributed by atoms with van der Waals surface area (Å²) in [6, 6.07) is 0.520. The summed E-state index contributed by atoms with van der Waals surface area (Å²) in [6.45, 7) is 2.27. The van der Waals surface area contributed by atoms with Crippen LogP contribution in [0.2, 0.25) is 0 Å². The highest BCUT2D eigenvalue weighted by atomic mass is 16.1. The van der Waals surface area contributed by atoms with E-state index in [4.69, 9.17) is 0 Å². The molecule has 2 N–H and O–H groups in total. The third-order valence-electron chi connectivity index (χ3n) is 3.12. The first-order valence-electron chi connectivity index (χ1n) is 5.84. The van der Waals surface area contributed by atoms with Gasteiger partial charge in [0, 0.05) is 12.5 Å². The van der Waals surface area contributed by atoms with Crippen LogP contribution in [0.3, 0.4) is 0 Å². The van der Waals surface area contributed by atoms with Crippen molar-refractivity contribution in [1.82, 2.24) is 10.6 Å². The van der Waals surface area contributed by atoms with Crippen LogP contribution in [0.15, 0.2) is 0 Å². The van der Waals surface area contributed by atoms with E-state index in [9.17, 15) is 4.79 Å². The van der Waals surface area contributed by atoms with Crippen molar-refractivity contribution in [2.24, 2.45) is 5.92 Å². The van der Waals surface area contributed by atoms with Crippen LogP contribution in [-0.2, 0) is 4.79 Å². The highest BCUT2D eigenvalue weighted by molar-refractivity contribution is 5.76. The molecule has 2 aliphatic rings. The van der Waals surface area contributed by atoms with Crippen LogP contribution in [0.5, 0.6) is 0 Å². The van der Waals surface area contributed by atoms with E-state index in [1.54, 1.807) is 0 Å². The van der Waals surface area contributed by atoms with E-state index in [1.807, 2.05) is 0 Å². The Kier molecular flexibility index (Phi) is 3.40. The molecule has 14 heavy (non-hydrogen) atoms. The van der Waals surface area contributed by atoms with E-state index in [0.29, 0.717) is 6.04 Å². The van der Waals surface area contributed by atoms with Crippen LogP contribution in [0.1, 0.15) is 38.5 Å². The maximum Gasteiger partial charge on any atom is 0.220 e. The van der Waals surface area contributed by atoms with E-state index < -0.39 is 0 Å². The molecule has 0 radical (unpaired) electrons. The highest BCUT2D eigenvalue weighted by Crippen LogP contribution is 2.20. The first-order chi connectivity index (χ1) is 6.84. The monoisotopic (exact) mass is 196 g/mol. The number of nitrogens with one attached hydrogen (secondary N) is 2. The third kappa shape index (κ3) is 3.29. The van der Waals surface area contributed by atoms with Crippen LogP contribution < -0.4 is 10.6 Å². The number of piperidine rings is 1. The van der Waals surface area contributed by atoms with Crippen LogP contribution in [0.4, 0.5) is 0 Å². The number of carbonyl (C=O) groups excluding carboxylic acids is 1. The van der Waals surface area contributed by atoms with Crippen LogP contribution >= 0.6 is 0 Å². The zero-order chi connectivity index (χ0) is 9.80. The SMILES string of the molecule is O=C(CC[C@@H]1CCCNC1)NC1CC1. The van der Waals surface area contributed by atoms with Crippen molar-refractivity contribution >= 4 is 5.91 Å². The van der Waals surface area contributed by atoms with E-state index in [-0.39, 0.29) is 5.91 Å². The second kappa shape index (κ2) is 4.78. The Morgan fingerprint density at radius 3 is 2.86 bits per heavy atom. The summed E-state index contributed by atoms with van der Waals surface area (Å²) in [5, 5.41) is 6.41. The third-order valence-corrected chi connectivity index (χ3v) is 3.12. The lowest BCUT2D eigenvalue weighted by Crippen LogP contribution is -2.31. The fraction of sp³-hybridized carbons (Fsp3) is 0.909. The van der Waals surface area contributed by atoms with Crippen molar-refractivity contribution in [3.8, 4) is 0 Å². The molecular weight excluding hydrogens is 176 g/mol. The molecular formula is C11H20N2O. The summed E-state index contributed by atoms with van der Waals surface area (Å²) in [7, 11) is 0. The summed E-state index contributed by atoms with van der Waals surface area (Å²) in [5.74, 6) is 0.992. The molecule has 1 saturated carbocycles. The normalized spacial score (nSPS) is 27.3. The molecule has 1 amide bonds. The van der Waals surface area contributed by atoms with Gasteiger partial charge in [0.2, 0.25) is 5.91 Å². The fourth-order valence-electron chi connectivity index (χ4n) is 2.03. The zero-order valence-electron chi connectivity index (χ0n) is 8.72. The average Bonchev–Trinajstić information content (AvgIpc) is 3.00. The van der Waals surface area contributed by atoms with Crippen molar-refractivity contribution in [2.45, 2.75) is 44.6 Å². The minimum Gasteiger partial charge on any atom is -0.353 e. The van der Waals surface area contributed by atoms with Gasteiger partial charge < -0.3 is 10.6 Å². The first-order valence-corrected chi connectivity index (χ1v) is 5.84. The second-order valence-corrected chi connectivity index (χ2v) is 4.59. The van der Waals surface area contributed by atoms with E-state index in [1.165, 1.54) is 25.7 Å². The topological polar surface area (TPSA) is 41.1 Å². The Bertz CT molecular complexity index is 195. The Hall–Kier alpha value is -0.570. The smallest absolute Gasteiger partial charge is 0.220 e. The Balaban J connectivity index is 1.57. The highest BCUT2D eigenvalue weighted by Gasteiger charge is 2.23. The molecule has 0 unspecified atom stereocenters. The second-order valence-electron chi connectivity index (χ2n) is 4.59. The molecule has 1 saturated heterocycles. The predicted molar refractivity (Wildman–Crippen MR) is 56.0 cm³/mol. The Morgan fingerprint density at radius 2 is 2.21 bits per heavy atom. The van der Waals surface area contributed by atoms with Crippen LogP contribution in [0, 0.1) is 5.92 Å². The van der Waals surface area contributed by atoms with Gasteiger partial charge in [-0.3, -0.25) is 4.79 Å². The summed E-state index contributed by atoms with van der Waals surface area (Å²) in [4.78, 5) is 11.4. The molecule has 0 aromatic rings. The van der Waals surface area contributed by atoms with Crippen molar-refractivity contribution in [3.05, 3.63) is 0 Å². The van der Waals surface area contributed by atoms with Gasteiger partial charge in [-0.1, -0.05) is 0 Å². The predicted octanol–water partition coefficient (Wildman–Crippen LogP) is 1.04. The molecule has 0 aromatic carbocycles. The number of amides is 1. The van der Waals surface area contributed by atoms with E-state index >= 15 is 0 Å². The summed E-state index contributed by atoms with van der Waals surface area (Å²) in [5.41, 5.74) is 0. The van der Waals surface area contributed by atoms with Gasteiger partial charge in [-0.05, 0) is 51.1 Å². The van der Waals surface area contributed by atoms with Gasteiger partial charge in [-0.15, -0.1) is 0 Å². The zero-order valence-corrected chi connectivity index (χ0v) is 8.72. The van der Waals surface area contributed by atoms with Crippen molar-refractivity contribution in [1.29, 1.82) is 0 Å².